The van der Waals surface area contributed by atoms with E-state index >= 15 is 0 Å². The van der Waals surface area contributed by atoms with Crippen molar-refractivity contribution in [1.82, 2.24) is 9.78 Å². The molecular formula is C25H22ClN3O5S2. The molecule has 2 aliphatic rings. The molecule has 1 atom stereocenters. The highest BCUT2D eigenvalue weighted by molar-refractivity contribution is 7.99. The number of anilines is 2. The highest BCUT2D eigenvalue weighted by atomic mass is 35.5. The van der Waals surface area contributed by atoms with Crippen molar-refractivity contribution < 1.29 is 22.7 Å². The predicted octanol–water partition coefficient (Wildman–Crippen LogP) is 4.59. The molecule has 5 rings (SSSR count). The molecule has 1 saturated heterocycles. The van der Waals surface area contributed by atoms with Crippen molar-refractivity contribution in [3.8, 4) is 0 Å². The van der Waals surface area contributed by atoms with E-state index in [1.807, 2.05) is 48.5 Å². The number of aryl methyl sites for hydroxylation is 1. The van der Waals surface area contributed by atoms with Crippen LogP contribution in [0.2, 0.25) is 5.15 Å². The molecule has 186 valence electrons. The topological polar surface area (TPSA) is 98.6 Å². The normalized spacial score (nSPS) is 18.2. The zero-order valence-electron chi connectivity index (χ0n) is 19.3. The first kappa shape index (κ1) is 24.6. The number of hydrogen-bond donors (Lipinski definition) is 0. The summed E-state index contributed by atoms with van der Waals surface area (Å²) in [5.74, 6) is -0.990. The van der Waals surface area contributed by atoms with Gasteiger partial charge in [0.2, 0.25) is 0 Å². The van der Waals surface area contributed by atoms with Gasteiger partial charge < -0.3 is 4.74 Å². The molecule has 8 nitrogen and oxygen atoms in total. The van der Waals surface area contributed by atoms with Crippen molar-refractivity contribution in [2.45, 2.75) is 29.2 Å². The summed E-state index contributed by atoms with van der Waals surface area (Å²) in [5.41, 5.74) is 2.53. The number of esters is 1. The molecule has 1 aromatic heterocycles. The Kier molecular flexibility index (Phi) is 6.67. The number of sulfone groups is 1. The Bertz CT molecular complexity index is 1450. The van der Waals surface area contributed by atoms with Gasteiger partial charge >= 0.3 is 5.97 Å². The largest absolute Gasteiger partial charge is 0.452 e. The molecule has 36 heavy (non-hydrogen) atoms. The first-order valence-electron chi connectivity index (χ1n) is 11.2. The highest BCUT2D eigenvalue weighted by Gasteiger charge is 2.32. The quantitative estimate of drug-likeness (QED) is 0.343. The summed E-state index contributed by atoms with van der Waals surface area (Å²) in [6.45, 7) is 1.28. The average Bonchev–Trinajstić information content (AvgIpc) is 3.36. The lowest BCUT2D eigenvalue weighted by molar-refractivity contribution is -0.142. The molecule has 0 radical (unpaired) electrons. The maximum Gasteiger partial charge on any atom is 0.331 e. The van der Waals surface area contributed by atoms with Gasteiger partial charge in [-0.2, -0.15) is 5.10 Å². The van der Waals surface area contributed by atoms with Gasteiger partial charge in [-0.3, -0.25) is 9.69 Å². The van der Waals surface area contributed by atoms with Crippen LogP contribution in [0.3, 0.4) is 0 Å². The summed E-state index contributed by atoms with van der Waals surface area (Å²) in [4.78, 5) is 29.0. The predicted molar refractivity (Wildman–Crippen MR) is 138 cm³/mol. The lowest BCUT2D eigenvalue weighted by Crippen LogP contribution is -2.32. The van der Waals surface area contributed by atoms with Crippen molar-refractivity contribution in [2.24, 2.45) is 0 Å². The van der Waals surface area contributed by atoms with E-state index in [2.05, 4.69) is 5.10 Å². The monoisotopic (exact) mass is 543 g/mol. The molecular weight excluding hydrogens is 522 g/mol. The number of fused-ring (bicyclic) bond motifs is 2. The van der Waals surface area contributed by atoms with Crippen LogP contribution in [0.4, 0.5) is 11.4 Å². The SMILES string of the molecule is Cc1nn([C@H]2CCS(=O)(=O)C2)c(Cl)c1/C=C/C(=O)OCC(=O)N1c2ccccc2Sc2ccccc21. The van der Waals surface area contributed by atoms with E-state index in [0.717, 1.165) is 21.2 Å². The first-order valence-corrected chi connectivity index (χ1v) is 14.2. The second kappa shape index (κ2) is 9.76. The Morgan fingerprint density at radius 3 is 2.39 bits per heavy atom. The summed E-state index contributed by atoms with van der Waals surface area (Å²) in [5, 5.41) is 4.63. The van der Waals surface area contributed by atoms with Gasteiger partial charge in [0, 0.05) is 21.4 Å². The standard InChI is InChI=1S/C25H22ClN3O5S2/c1-16-18(25(26)29(27-16)17-12-13-36(32,33)15-17)10-11-24(31)34-14-23(30)28-19-6-2-4-8-21(19)35-22-9-5-3-7-20(22)28/h2-11,17H,12-15H2,1H3/b11-10+/t17-/m0/s1. The van der Waals surface area contributed by atoms with Gasteiger partial charge in [0.25, 0.3) is 5.91 Å². The third-order valence-corrected chi connectivity index (χ3v) is 9.29. The van der Waals surface area contributed by atoms with Crippen molar-refractivity contribution in [3.05, 3.63) is 71.0 Å². The van der Waals surface area contributed by atoms with Crippen molar-refractivity contribution in [2.75, 3.05) is 23.0 Å². The number of carbonyl (C=O) groups is 2. The molecule has 0 bridgehead atoms. The minimum Gasteiger partial charge on any atom is -0.452 e. The Morgan fingerprint density at radius 1 is 1.14 bits per heavy atom. The summed E-state index contributed by atoms with van der Waals surface area (Å²) in [6.07, 6.45) is 3.10. The van der Waals surface area contributed by atoms with Crippen LogP contribution in [0.1, 0.15) is 23.7 Å². The number of hydrogen-bond acceptors (Lipinski definition) is 7. The number of amides is 1. The zero-order valence-corrected chi connectivity index (χ0v) is 21.6. The summed E-state index contributed by atoms with van der Waals surface area (Å²) < 4.78 is 30.4. The number of nitrogens with zero attached hydrogens (tertiary/aromatic N) is 3. The minimum atomic E-state index is -3.10. The number of ether oxygens (including phenoxy) is 1. The summed E-state index contributed by atoms with van der Waals surface area (Å²) in [7, 11) is -3.10. The van der Waals surface area contributed by atoms with Crippen LogP contribution >= 0.6 is 23.4 Å². The number of halogens is 1. The number of para-hydroxylation sites is 2. The molecule has 2 aliphatic heterocycles. The van der Waals surface area contributed by atoms with Crippen LogP contribution in [0, 0.1) is 6.92 Å². The third kappa shape index (κ3) is 4.80. The molecule has 0 aliphatic carbocycles. The van der Waals surface area contributed by atoms with E-state index < -0.39 is 22.4 Å². The van der Waals surface area contributed by atoms with Crippen LogP contribution in [0.15, 0.2) is 64.4 Å². The van der Waals surface area contributed by atoms with Gasteiger partial charge in [-0.15, -0.1) is 0 Å². The van der Waals surface area contributed by atoms with Crippen LogP contribution in [-0.4, -0.2) is 48.2 Å². The summed E-state index contributed by atoms with van der Waals surface area (Å²) in [6, 6.07) is 14.8. The van der Waals surface area contributed by atoms with Gasteiger partial charge in [-0.1, -0.05) is 47.6 Å². The van der Waals surface area contributed by atoms with Gasteiger partial charge in [0.1, 0.15) is 5.15 Å². The minimum absolute atomic E-state index is 0.0115. The zero-order chi connectivity index (χ0) is 25.4. The van der Waals surface area contributed by atoms with Gasteiger partial charge in [-0.05, 0) is 43.7 Å². The average molecular weight is 544 g/mol. The molecule has 2 aromatic carbocycles. The van der Waals surface area contributed by atoms with E-state index in [1.54, 1.807) is 23.6 Å². The van der Waals surface area contributed by atoms with Gasteiger partial charge in [0.15, 0.2) is 16.4 Å². The molecule has 0 unspecified atom stereocenters. The number of carbonyl (C=O) groups excluding carboxylic acids is 2. The Hall–Kier alpha value is -3.08. The van der Waals surface area contributed by atoms with Crippen molar-refractivity contribution in [1.29, 1.82) is 0 Å². The van der Waals surface area contributed by atoms with E-state index in [-0.39, 0.29) is 28.6 Å². The Balaban J connectivity index is 1.28. The molecule has 11 heteroatoms. The molecule has 0 N–H and O–H groups in total. The molecule has 0 saturated carbocycles. The number of benzene rings is 2. The van der Waals surface area contributed by atoms with E-state index in [4.69, 9.17) is 16.3 Å². The number of aromatic nitrogens is 2. The van der Waals surface area contributed by atoms with Crippen LogP contribution in [0.25, 0.3) is 6.08 Å². The molecule has 3 heterocycles. The van der Waals surface area contributed by atoms with Gasteiger partial charge in [0.05, 0.1) is 34.6 Å². The van der Waals surface area contributed by atoms with Crippen LogP contribution in [-0.2, 0) is 24.2 Å². The van der Waals surface area contributed by atoms with E-state index in [0.29, 0.717) is 17.7 Å². The van der Waals surface area contributed by atoms with E-state index in [9.17, 15) is 18.0 Å². The van der Waals surface area contributed by atoms with Crippen molar-refractivity contribution in [3.63, 3.8) is 0 Å². The summed E-state index contributed by atoms with van der Waals surface area (Å²) >= 11 is 8.03. The second-order valence-corrected chi connectivity index (χ2v) is 12.2. The fourth-order valence-corrected chi connectivity index (χ4v) is 7.43. The molecule has 1 amide bonds. The smallest absolute Gasteiger partial charge is 0.331 e. The van der Waals surface area contributed by atoms with E-state index in [1.165, 1.54) is 16.8 Å². The first-order chi connectivity index (χ1) is 17.2. The maximum absolute atomic E-state index is 13.1. The van der Waals surface area contributed by atoms with Crippen LogP contribution < -0.4 is 4.90 Å². The Labute approximate surface area is 217 Å². The number of rotatable bonds is 5. The Morgan fingerprint density at radius 2 is 1.78 bits per heavy atom. The fourth-order valence-electron chi connectivity index (χ4n) is 4.30. The highest BCUT2D eigenvalue weighted by Crippen LogP contribution is 2.47. The second-order valence-electron chi connectivity index (χ2n) is 8.50. The molecule has 0 spiro atoms. The lowest BCUT2D eigenvalue weighted by atomic mass is 10.2. The van der Waals surface area contributed by atoms with Crippen LogP contribution in [0.5, 0.6) is 0 Å². The fraction of sp³-hybridized carbons (Fsp3) is 0.240. The molecule has 1 fully saturated rings. The van der Waals surface area contributed by atoms with Crippen molar-refractivity contribution >= 4 is 62.5 Å². The third-order valence-electron chi connectivity index (χ3n) is 6.03. The maximum atomic E-state index is 13.1. The molecule has 3 aromatic rings. The lowest BCUT2D eigenvalue weighted by Gasteiger charge is -2.30. The van der Waals surface area contributed by atoms with Gasteiger partial charge in [-0.25, -0.2) is 17.9 Å².